The number of quaternary nitrogens is 1. The highest BCUT2D eigenvalue weighted by atomic mass is 16.6. The molecule has 266 valence electrons. The maximum atomic E-state index is 12.6. The zero-order chi connectivity index (χ0) is 34.3. The van der Waals surface area contributed by atoms with Crippen LogP contribution in [0.15, 0.2) is 36.5 Å². The lowest BCUT2D eigenvalue weighted by Crippen LogP contribution is -2.55. The number of carbonyl (C=O) groups is 3. The fourth-order valence-corrected chi connectivity index (χ4v) is 4.95. The molecule has 0 saturated heterocycles. The number of likely N-dealkylation sites (N-methyl/N-ethyl adjacent to an activating group) is 1. The lowest BCUT2D eigenvalue weighted by Gasteiger charge is -2.34. The van der Waals surface area contributed by atoms with Crippen molar-refractivity contribution in [1.82, 2.24) is 0 Å². The molecule has 0 rings (SSSR count). The standard InChI is InChI=1S/C38H67NO7/c1-6-8-10-12-14-16-17-18-19-20-21-23-25-27-29-37(41)46-34(32-44-31-30-35(38(42)43)39(3,4)5)33-45-36(40)28-26-24-22-15-13-11-9-7-2/h8,10,14,16,22,24,34-35H,6-7,9,11-13,15,17-21,23,25-33H2,1-5H3/b10-8+,16-14+,24-22+. The summed E-state index contributed by atoms with van der Waals surface area (Å²) in [7, 11) is 5.37. The molecule has 8 heteroatoms. The SMILES string of the molecule is CC/C=C/C/C=C/CCCCCCCCCC(=O)OC(COCCC(C(=O)[O-])[N+](C)(C)C)COC(=O)CC/C=C/CCCCCC. The molecular formula is C38H67NO7. The number of rotatable bonds is 31. The molecule has 8 nitrogen and oxygen atoms in total. The Balaban J connectivity index is 4.47. The zero-order valence-corrected chi connectivity index (χ0v) is 30.0. The van der Waals surface area contributed by atoms with Gasteiger partial charge in [-0.05, 0) is 51.4 Å². The van der Waals surface area contributed by atoms with E-state index in [2.05, 4.69) is 44.2 Å². The zero-order valence-electron chi connectivity index (χ0n) is 30.0. The Morgan fingerprint density at radius 1 is 0.674 bits per heavy atom. The average Bonchev–Trinajstić information content (AvgIpc) is 3.00. The Morgan fingerprint density at radius 2 is 1.26 bits per heavy atom. The number of unbranched alkanes of at least 4 members (excludes halogenated alkanes) is 11. The molecule has 0 aromatic carbocycles. The molecule has 0 bridgehead atoms. The number of esters is 2. The van der Waals surface area contributed by atoms with Crippen molar-refractivity contribution in [2.24, 2.45) is 0 Å². The quantitative estimate of drug-likeness (QED) is 0.0334. The van der Waals surface area contributed by atoms with E-state index < -0.39 is 18.1 Å². The Hall–Kier alpha value is -2.45. The first kappa shape index (κ1) is 43.5. The molecule has 0 heterocycles. The van der Waals surface area contributed by atoms with Crippen molar-refractivity contribution >= 4 is 17.9 Å². The summed E-state index contributed by atoms with van der Waals surface area (Å²) in [6.07, 6.45) is 30.5. The first-order valence-corrected chi connectivity index (χ1v) is 18.0. The smallest absolute Gasteiger partial charge is 0.306 e. The van der Waals surface area contributed by atoms with Crippen LogP contribution < -0.4 is 5.11 Å². The molecule has 2 unspecified atom stereocenters. The summed E-state index contributed by atoms with van der Waals surface area (Å²) in [5.74, 6) is -1.82. The van der Waals surface area contributed by atoms with Crippen LogP contribution in [-0.4, -0.2) is 75.5 Å². The van der Waals surface area contributed by atoms with Crippen LogP contribution in [0.25, 0.3) is 0 Å². The maximum Gasteiger partial charge on any atom is 0.306 e. The third-order valence-electron chi connectivity index (χ3n) is 7.77. The summed E-state index contributed by atoms with van der Waals surface area (Å²) in [5, 5.41) is 11.5. The third kappa shape index (κ3) is 27.8. The van der Waals surface area contributed by atoms with Crippen molar-refractivity contribution in [2.45, 2.75) is 148 Å². The molecule has 0 aliphatic rings. The highest BCUT2D eigenvalue weighted by Gasteiger charge is 2.25. The number of carbonyl (C=O) groups excluding carboxylic acids is 3. The Morgan fingerprint density at radius 3 is 1.89 bits per heavy atom. The van der Waals surface area contributed by atoms with E-state index in [1.807, 2.05) is 6.08 Å². The molecule has 0 amide bonds. The number of carboxylic acids is 1. The first-order chi connectivity index (χ1) is 22.1. The molecule has 0 aliphatic heterocycles. The van der Waals surface area contributed by atoms with Crippen molar-refractivity contribution < 1.29 is 38.2 Å². The van der Waals surface area contributed by atoms with Crippen LogP contribution >= 0.6 is 0 Å². The van der Waals surface area contributed by atoms with Gasteiger partial charge < -0.3 is 28.6 Å². The average molecular weight is 650 g/mol. The minimum atomic E-state index is -1.13. The van der Waals surface area contributed by atoms with E-state index in [9.17, 15) is 19.5 Å². The molecule has 0 aromatic heterocycles. The van der Waals surface area contributed by atoms with Crippen molar-refractivity contribution in [3.63, 3.8) is 0 Å². The molecule has 0 fully saturated rings. The minimum absolute atomic E-state index is 0.0260. The Kier molecular flexibility index (Phi) is 28.3. The molecule has 0 saturated carbocycles. The normalized spacial score (nSPS) is 13.5. The largest absolute Gasteiger partial charge is 0.544 e. The fourth-order valence-electron chi connectivity index (χ4n) is 4.95. The van der Waals surface area contributed by atoms with Gasteiger partial charge in [0.2, 0.25) is 0 Å². The summed E-state index contributed by atoms with van der Waals surface area (Å²) in [6.45, 7) is 4.43. The number of aliphatic carboxylic acids is 1. The summed E-state index contributed by atoms with van der Waals surface area (Å²) in [5.41, 5.74) is 0. The Labute approximate surface area is 281 Å². The topological polar surface area (TPSA) is 102 Å². The van der Waals surface area contributed by atoms with Gasteiger partial charge in [0.1, 0.15) is 12.6 Å². The number of ether oxygens (including phenoxy) is 3. The van der Waals surface area contributed by atoms with Crippen molar-refractivity contribution in [1.29, 1.82) is 0 Å². The predicted octanol–water partition coefficient (Wildman–Crippen LogP) is 7.40. The number of allylic oxidation sites excluding steroid dienone is 6. The van der Waals surface area contributed by atoms with E-state index in [1.54, 1.807) is 21.1 Å². The molecule has 0 aliphatic carbocycles. The van der Waals surface area contributed by atoms with Crippen LogP contribution in [0.2, 0.25) is 0 Å². The van der Waals surface area contributed by atoms with E-state index in [1.165, 1.54) is 44.9 Å². The van der Waals surface area contributed by atoms with E-state index in [0.29, 0.717) is 12.8 Å². The number of hydrogen-bond acceptors (Lipinski definition) is 7. The highest BCUT2D eigenvalue weighted by Crippen LogP contribution is 2.12. The lowest BCUT2D eigenvalue weighted by molar-refractivity contribution is -0.889. The second-order valence-electron chi connectivity index (χ2n) is 13.1. The van der Waals surface area contributed by atoms with Gasteiger partial charge in [-0.1, -0.05) is 102 Å². The highest BCUT2D eigenvalue weighted by molar-refractivity contribution is 5.70. The van der Waals surface area contributed by atoms with E-state index in [0.717, 1.165) is 51.4 Å². The number of carboxylic acid groups (broad SMARTS) is 1. The summed E-state index contributed by atoms with van der Waals surface area (Å²) in [6, 6.07) is -0.728. The van der Waals surface area contributed by atoms with Crippen LogP contribution in [0.5, 0.6) is 0 Å². The van der Waals surface area contributed by atoms with Crippen molar-refractivity contribution in [2.75, 3.05) is 41.0 Å². The van der Waals surface area contributed by atoms with E-state index in [4.69, 9.17) is 14.2 Å². The molecule has 0 spiro atoms. The minimum Gasteiger partial charge on any atom is -0.544 e. The summed E-state index contributed by atoms with van der Waals surface area (Å²) in [4.78, 5) is 36.4. The van der Waals surface area contributed by atoms with Crippen molar-refractivity contribution in [3.8, 4) is 0 Å². The number of hydrogen-bond donors (Lipinski definition) is 0. The van der Waals surface area contributed by atoms with Gasteiger partial charge in [-0.2, -0.15) is 0 Å². The van der Waals surface area contributed by atoms with Gasteiger partial charge in [0, 0.05) is 19.3 Å². The van der Waals surface area contributed by atoms with Gasteiger partial charge in [0.05, 0.1) is 40.3 Å². The molecule has 2 atom stereocenters. The molecular weight excluding hydrogens is 582 g/mol. The third-order valence-corrected chi connectivity index (χ3v) is 7.77. The second kappa shape index (κ2) is 29.9. The monoisotopic (exact) mass is 649 g/mol. The summed E-state index contributed by atoms with van der Waals surface area (Å²) < 4.78 is 17.0. The van der Waals surface area contributed by atoms with Gasteiger partial charge in [0.15, 0.2) is 6.10 Å². The number of nitrogens with zero attached hydrogens (tertiary/aromatic N) is 1. The lowest BCUT2D eigenvalue weighted by atomic mass is 10.1. The van der Waals surface area contributed by atoms with Crippen LogP contribution in [-0.2, 0) is 28.6 Å². The molecule has 46 heavy (non-hydrogen) atoms. The molecule has 0 radical (unpaired) electrons. The van der Waals surface area contributed by atoms with Gasteiger partial charge in [-0.25, -0.2) is 0 Å². The molecule has 0 aromatic rings. The summed E-state index contributed by atoms with van der Waals surface area (Å²) >= 11 is 0. The first-order valence-electron chi connectivity index (χ1n) is 18.0. The van der Waals surface area contributed by atoms with Crippen molar-refractivity contribution in [3.05, 3.63) is 36.5 Å². The van der Waals surface area contributed by atoms with E-state index >= 15 is 0 Å². The van der Waals surface area contributed by atoms with Crippen LogP contribution in [0.1, 0.15) is 136 Å². The Bertz CT molecular complexity index is 860. The molecule has 0 N–H and O–H groups in total. The fraction of sp³-hybridized carbons (Fsp3) is 0.763. The maximum absolute atomic E-state index is 12.6. The van der Waals surface area contributed by atoms with E-state index in [-0.39, 0.29) is 49.1 Å². The van der Waals surface area contributed by atoms with Crippen LogP contribution in [0.4, 0.5) is 0 Å². The predicted molar refractivity (Wildman–Crippen MR) is 185 cm³/mol. The van der Waals surface area contributed by atoms with Crippen LogP contribution in [0, 0.1) is 0 Å². The van der Waals surface area contributed by atoms with Crippen LogP contribution in [0.3, 0.4) is 0 Å². The van der Waals surface area contributed by atoms with Gasteiger partial charge in [-0.15, -0.1) is 0 Å². The van der Waals surface area contributed by atoms with Gasteiger partial charge in [0.25, 0.3) is 0 Å². The van der Waals surface area contributed by atoms with Gasteiger partial charge in [-0.3, -0.25) is 9.59 Å². The second-order valence-corrected chi connectivity index (χ2v) is 13.1. The van der Waals surface area contributed by atoms with Gasteiger partial charge >= 0.3 is 11.9 Å².